The van der Waals surface area contributed by atoms with Crippen molar-refractivity contribution in [2.24, 2.45) is 10.9 Å². The van der Waals surface area contributed by atoms with Crippen molar-refractivity contribution in [1.82, 2.24) is 10.6 Å². The lowest BCUT2D eigenvalue weighted by molar-refractivity contribution is 0.136. The Morgan fingerprint density at radius 2 is 2.04 bits per heavy atom. The van der Waals surface area contributed by atoms with E-state index in [1.165, 1.54) is 0 Å². The van der Waals surface area contributed by atoms with Crippen LogP contribution in [0.4, 0.5) is 0 Å². The summed E-state index contributed by atoms with van der Waals surface area (Å²) in [4.78, 5) is 4.57. The molecular weight excluding hydrogens is 405 g/mol. The molecule has 6 heteroatoms. The molecule has 130 valence electrons. The smallest absolute Gasteiger partial charge is 0.191 e. The van der Waals surface area contributed by atoms with E-state index in [4.69, 9.17) is 4.74 Å². The second-order valence-electron chi connectivity index (χ2n) is 5.57. The van der Waals surface area contributed by atoms with Crippen LogP contribution in [0.5, 0.6) is 5.75 Å². The maximum Gasteiger partial charge on any atom is 0.191 e. The average molecular weight is 433 g/mol. The van der Waals surface area contributed by atoms with E-state index in [9.17, 15) is 5.11 Å². The van der Waals surface area contributed by atoms with Crippen molar-refractivity contribution >= 4 is 29.9 Å². The van der Waals surface area contributed by atoms with Gasteiger partial charge in [0.15, 0.2) is 5.96 Å². The SMILES string of the molecule is CCNC(=NCC1CCCC1O)NCCOc1ccccc1.I. The first kappa shape index (κ1) is 20.0. The van der Waals surface area contributed by atoms with Gasteiger partial charge >= 0.3 is 0 Å². The molecule has 1 aliphatic rings. The lowest BCUT2D eigenvalue weighted by Gasteiger charge is -2.15. The van der Waals surface area contributed by atoms with Gasteiger partial charge in [-0.3, -0.25) is 4.99 Å². The number of ether oxygens (including phenoxy) is 1. The fourth-order valence-corrected chi connectivity index (χ4v) is 2.64. The Kier molecular flexibility index (Phi) is 10.0. The van der Waals surface area contributed by atoms with Crippen LogP contribution in [-0.4, -0.2) is 43.4 Å². The maximum absolute atomic E-state index is 9.84. The Morgan fingerprint density at radius 1 is 1.26 bits per heavy atom. The molecule has 5 nitrogen and oxygen atoms in total. The Hall–Kier alpha value is -1.02. The third kappa shape index (κ3) is 7.39. The van der Waals surface area contributed by atoms with Gasteiger partial charge in [0.2, 0.25) is 0 Å². The van der Waals surface area contributed by atoms with Gasteiger partial charge in [0.05, 0.1) is 12.6 Å². The summed E-state index contributed by atoms with van der Waals surface area (Å²) in [7, 11) is 0. The minimum Gasteiger partial charge on any atom is -0.492 e. The van der Waals surface area contributed by atoms with Crippen molar-refractivity contribution in [3.63, 3.8) is 0 Å². The van der Waals surface area contributed by atoms with Crippen LogP contribution in [0.1, 0.15) is 26.2 Å². The summed E-state index contributed by atoms with van der Waals surface area (Å²) in [5.41, 5.74) is 0. The summed E-state index contributed by atoms with van der Waals surface area (Å²) < 4.78 is 5.64. The summed E-state index contributed by atoms with van der Waals surface area (Å²) in [6, 6.07) is 9.78. The highest BCUT2D eigenvalue weighted by atomic mass is 127. The van der Waals surface area contributed by atoms with Gasteiger partial charge in [-0.2, -0.15) is 0 Å². The van der Waals surface area contributed by atoms with Gasteiger partial charge < -0.3 is 20.5 Å². The van der Waals surface area contributed by atoms with Gasteiger partial charge in [-0.05, 0) is 31.9 Å². The molecule has 0 radical (unpaired) electrons. The van der Waals surface area contributed by atoms with Gasteiger partial charge in [0.1, 0.15) is 12.4 Å². The van der Waals surface area contributed by atoms with E-state index < -0.39 is 0 Å². The van der Waals surface area contributed by atoms with Crippen LogP contribution in [0, 0.1) is 5.92 Å². The standard InChI is InChI=1S/C17H27N3O2.HI/c1-2-18-17(20-13-14-7-6-10-16(14)21)19-11-12-22-15-8-4-3-5-9-15;/h3-5,8-9,14,16,21H,2,6-7,10-13H2,1H3,(H2,18,19,20);1H. The van der Waals surface area contributed by atoms with E-state index >= 15 is 0 Å². The molecule has 2 atom stereocenters. The molecule has 0 amide bonds. The quantitative estimate of drug-likeness (QED) is 0.268. The zero-order valence-corrected chi connectivity index (χ0v) is 16.0. The molecule has 0 heterocycles. The van der Waals surface area contributed by atoms with Gasteiger partial charge in [-0.25, -0.2) is 0 Å². The third-order valence-electron chi connectivity index (χ3n) is 3.85. The van der Waals surface area contributed by atoms with E-state index in [2.05, 4.69) is 15.6 Å². The molecule has 1 aromatic rings. The van der Waals surface area contributed by atoms with E-state index in [1.807, 2.05) is 37.3 Å². The van der Waals surface area contributed by atoms with Crippen molar-refractivity contribution in [1.29, 1.82) is 0 Å². The second-order valence-corrected chi connectivity index (χ2v) is 5.57. The highest BCUT2D eigenvalue weighted by Gasteiger charge is 2.24. The topological polar surface area (TPSA) is 65.9 Å². The van der Waals surface area contributed by atoms with Gasteiger partial charge in [-0.1, -0.05) is 24.6 Å². The van der Waals surface area contributed by atoms with Crippen molar-refractivity contribution in [3.05, 3.63) is 30.3 Å². The molecule has 3 N–H and O–H groups in total. The molecule has 0 aliphatic heterocycles. The van der Waals surface area contributed by atoms with Crippen molar-refractivity contribution in [2.75, 3.05) is 26.2 Å². The molecule has 0 aromatic heterocycles. The summed E-state index contributed by atoms with van der Waals surface area (Å²) in [5, 5.41) is 16.3. The van der Waals surface area contributed by atoms with Crippen molar-refractivity contribution < 1.29 is 9.84 Å². The van der Waals surface area contributed by atoms with Crippen LogP contribution in [0.3, 0.4) is 0 Å². The fraction of sp³-hybridized carbons (Fsp3) is 0.588. The van der Waals surface area contributed by atoms with Crippen LogP contribution >= 0.6 is 24.0 Å². The Labute approximate surface area is 155 Å². The monoisotopic (exact) mass is 433 g/mol. The van der Waals surface area contributed by atoms with Crippen LogP contribution in [0.15, 0.2) is 35.3 Å². The number of benzene rings is 1. The van der Waals surface area contributed by atoms with Crippen LogP contribution in [0.25, 0.3) is 0 Å². The average Bonchev–Trinajstić information content (AvgIpc) is 2.95. The molecular formula is C17H28IN3O2. The number of rotatable bonds is 7. The highest BCUT2D eigenvalue weighted by molar-refractivity contribution is 14.0. The summed E-state index contributed by atoms with van der Waals surface area (Å²) in [6.07, 6.45) is 2.90. The molecule has 1 saturated carbocycles. The van der Waals surface area contributed by atoms with E-state index in [0.717, 1.165) is 37.5 Å². The molecule has 0 spiro atoms. The maximum atomic E-state index is 9.84. The number of aliphatic hydroxyl groups excluding tert-OH is 1. The molecule has 2 rings (SSSR count). The largest absolute Gasteiger partial charge is 0.492 e. The van der Waals surface area contributed by atoms with Gasteiger partial charge in [0.25, 0.3) is 0 Å². The van der Waals surface area contributed by atoms with Crippen molar-refractivity contribution in [2.45, 2.75) is 32.3 Å². The first-order chi connectivity index (χ1) is 10.8. The van der Waals surface area contributed by atoms with E-state index in [-0.39, 0.29) is 30.1 Å². The number of halogens is 1. The molecule has 1 aromatic carbocycles. The predicted octanol–water partition coefficient (Wildman–Crippen LogP) is 2.40. The lowest BCUT2D eigenvalue weighted by Crippen LogP contribution is -2.39. The predicted molar refractivity (Wildman–Crippen MR) is 105 cm³/mol. The second kappa shape index (κ2) is 11.5. The summed E-state index contributed by atoms with van der Waals surface area (Å²) in [6.45, 7) is 4.81. The fourth-order valence-electron chi connectivity index (χ4n) is 2.64. The lowest BCUT2D eigenvalue weighted by atomic mass is 10.1. The van der Waals surface area contributed by atoms with Gasteiger partial charge in [-0.15, -0.1) is 24.0 Å². The zero-order chi connectivity index (χ0) is 15.6. The number of guanidine groups is 1. The van der Waals surface area contributed by atoms with Crippen LogP contribution in [0.2, 0.25) is 0 Å². The third-order valence-corrected chi connectivity index (χ3v) is 3.85. The molecule has 2 unspecified atom stereocenters. The first-order valence-electron chi connectivity index (χ1n) is 8.17. The molecule has 1 fully saturated rings. The summed E-state index contributed by atoms with van der Waals surface area (Å²) in [5.74, 6) is 1.97. The highest BCUT2D eigenvalue weighted by Crippen LogP contribution is 2.25. The number of hydrogen-bond acceptors (Lipinski definition) is 3. The Morgan fingerprint density at radius 3 is 2.70 bits per heavy atom. The van der Waals surface area contributed by atoms with Crippen LogP contribution < -0.4 is 15.4 Å². The Bertz CT molecular complexity index is 456. The zero-order valence-electron chi connectivity index (χ0n) is 13.7. The summed E-state index contributed by atoms with van der Waals surface area (Å²) >= 11 is 0. The van der Waals surface area contributed by atoms with Crippen molar-refractivity contribution in [3.8, 4) is 5.75 Å². The Balaban J connectivity index is 0.00000264. The normalized spacial score (nSPS) is 20.7. The molecule has 0 bridgehead atoms. The number of aliphatic hydroxyl groups is 1. The number of aliphatic imine (C=N–C) groups is 1. The minimum absolute atomic E-state index is 0. The van der Waals surface area contributed by atoms with Gasteiger partial charge in [0, 0.05) is 19.0 Å². The van der Waals surface area contributed by atoms with E-state index in [1.54, 1.807) is 0 Å². The molecule has 23 heavy (non-hydrogen) atoms. The van der Waals surface area contributed by atoms with E-state index in [0.29, 0.717) is 25.6 Å². The number of para-hydroxylation sites is 1. The molecule has 1 aliphatic carbocycles. The number of nitrogens with one attached hydrogen (secondary N) is 2. The van der Waals surface area contributed by atoms with Crippen LogP contribution in [-0.2, 0) is 0 Å². The molecule has 0 saturated heterocycles. The first-order valence-corrected chi connectivity index (χ1v) is 8.17. The number of nitrogens with zero attached hydrogens (tertiary/aromatic N) is 1. The minimum atomic E-state index is -0.187. The number of hydrogen-bond donors (Lipinski definition) is 3.